The zero-order chi connectivity index (χ0) is 15.6. The molecule has 114 valence electrons. The molecule has 2 rings (SSSR count). The Kier molecular flexibility index (Phi) is 5.04. The highest BCUT2D eigenvalue weighted by molar-refractivity contribution is 9.10. The van der Waals surface area contributed by atoms with Crippen molar-refractivity contribution < 1.29 is 4.79 Å². The minimum atomic E-state index is -0.145. The van der Waals surface area contributed by atoms with E-state index in [4.69, 9.17) is 12.2 Å². The first kappa shape index (κ1) is 16.4. The molecule has 21 heavy (non-hydrogen) atoms. The number of thiocarbonyl (C=S) groups is 1. The van der Waals surface area contributed by atoms with E-state index in [-0.39, 0.29) is 11.3 Å². The quantitative estimate of drug-likeness (QED) is 0.763. The second-order valence-corrected chi connectivity index (χ2v) is 7.64. The van der Waals surface area contributed by atoms with Gasteiger partial charge in [0.2, 0.25) is 0 Å². The van der Waals surface area contributed by atoms with Crippen molar-refractivity contribution >= 4 is 39.2 Å². The number of amides is 1. The average molecular weight is 369 g/mol. The van der Waals surface area contributed by atoms with Gasteiger partial charge in [0, 0.05) is 23.1 Å². The molecule has 1 fully saturated rings. The van der Waals surface area contributed by atoms with Crippen LogP contribution in [-0.2, 0) is 5.41 Å². The summed E-state index contributed by atoms with van der Waals surface area (Å²) in [5.74, 6) is -0.145. The van der Waals surface area contributed by atoms with Crippen LogP contribution in [0.15, 0.2) is 22.7 Å². The molecular weight excluding hydrogens is 348 g/mol. The first-order valence-electron chi connectivity index (χ1n) is 7.19. The second kappa shape index (κ2) is 6.44. The molecule has 1 N–H and O–H groups in total. The van der Waals surface area contributed by atoms with Gasteiger partial charge in [-0.3, -0.25) is 10.1 Å². The third kappa shape index (κ3) is 4.04. The molecule has 3 nitrogen and oxygen atoms in total. The van der Waals surface area contributed by atoms with Crippen LogP contribution >= 0.6 is 28.1 Å². The molecule has 1 aliphatic rings. The summed E-state index contributed by atoms with van der Waals surface area (Å²) in [6.45, 7) is 8.32. The molecule has 1 aromatic rings. The van der Waals surface area contributed by atoms with E-state index >= 15 is 0 Å². The van der Waals surface area contributed by atoms with E-state index in [1.807, 2.05) is 23.1 Å². The molecule has 0 unspecified atom stereocenters. The lowest BCUT2D eigenvalue weighted by Gasteiger charge is -2.22. The van der Waals surface area contributed by atoms with Crippen molar-refractivity contribution in [3.8, 4) is 0 Å². The van der Waals surface area contributed by atoms with Crippen molar-refractivity contribution in [2.75, 3.05) is 13.1 Å². The lowest BCUT2D eigenvalue weighted by Crippen LogP contribution is -2.41. The van der Waals surface area contributed by atoms with Gasteiger partial charge in [0.25, 0.3) is 5.91 Å². The lowest BCUT2D eigenvalue weighted by atomic mass is 9.86. The predicted molar refractivity (Wildman–Crippen MR) is 93.7 cm³/mol. The van der Waals surface area contributed by atoms with Crippen LogP contribution in [0.25, 0.3) is 0 Å². The van der Waals surface area contributed by atoms with Gasteiger partial charge in [-0.15, -0.1) is 0 Å². The molecule has 1 amide bonds. The third-order valence-corrected chi connectivity index (χ3v) is 4.67. The summed E-state index contributed by atoms with van der Waals surface area (Å²) in [6, 6.07) is 5.72. The molecule has 0 aromatic heterocycles. The van der Waals surface area contributed by atoms with Crippen LogP contribution in [0.4, 0.5) is 0 Å². The van der Waals surface area contributed by atoms with E-state index in [1.54, 1.807) is 0 Å². The van der Waals surface area contributed by atoms with Crippen molar-refractivity contribution in [2.24, 2.45) is 0 Å². The lowest BCUT2D eigenvalue weighted by molar-refractivity contribution is 0.0974. The fourth-order valence-corrected chi connectivity index (χ4v) is 3.68. The number of carbonyl (C=O) groups excluding carboxylic acids is 1. The maximum atomic E-state index is 12.3. The van der Waals surface area contributed by atoms with Crippen LogP contribution < -0.4 is 5.32 Å². The van der Waals surface area contributed by atoms with Crippen molar-refractivity contribution in [2.45, 2.75) is 39.0 Å². The van der Waals surface area contributed by atoms with Gasteiger partial charge in [-0.25, -0.2) is 0 Å². The van der Waals surface area contributed by atoms with Crippen molar-refractivity contribution in [1.82, 2.24) is 10.2 Å². The van der Waals surface area contributed by atoms with Crippen molar-refractivity contribution in [1.29, 1.82) is 0 Å². The molecule has 0 spiro atoms. The van der Waals surface area contributed by atoms with Crippen molar-refractivity contribution in [3.63, 3.8) is 0 Å². The Labute approximate surface area is 140 Å². The van der Waals surface area contributed by atoms with Gasteiger partial charge in [0.05, 0.1) is 0 Å². The normalized spacial score (nSPS) is 15.1. The summed E-state index contributed by atoms with van der Waals surface area (Å²) >= 11 is 8.85. The SMILES string of the molecule is CC(C)(C)c1ccc(C(=O)NC(=S)N2CCCC2)cc1Br. The van der Waals surface area contributed by atoms with Gasteiger partial charge in [-0.1, -0.05) is 42.8 Å². The number of likely N-dealkylation sites (tertiary alicyclic amines) is 1. The summed E-state index contributed by atoms with van der Waals surface area (Å²) in [4.78, 5) is 14.3. The summed E-state index contributed by atoms with van der Waals surface area (Å²) in [5, 5.41) is 3.36. The molecule has 1 heterocycles. The first-order chi connectivity index (χ1) is 9.79. The largest absolute Gasteiger partial charge is 0.349 e. The Morgan fingerprint density at radius 3 is 2.43 bits per heavy atom. The minimum absolute atomic E-state index is 0.0404. The number of benzene rings is 1. The van der Waals surface area contributed by atoms with E-state index in [1.165, 1.54) is 5.56 Å². The fraction of sp³-hybridized carbons (Fsp3) is 0.500. The molecule has 0 saturated carbocycles. The number of nitrogens with one attached hydrogen (secondary N) is 1. The molecule has 1 aromatic carbocycles. The van der Waals surface area contributed by atoms with E-state index < -0.39 is 0 Å². The van der Waals surface area contributed by atoms with E-state index in [9.17, 15) is 4.79 Å². The van der Waals surface area contributed by atoms with Crippen LogP contribution in [0.1, 0.15) is 49.5 Å². The number of carbonyl (C=O) groups is 1. The van der Waals surface area contributed by atoms with E-state index in [0.29, 0.717) is 10.7 Å². The van der Waals surface area contributed by atoms with Gasteiger partial charge in [0.1, 0.15) is 0 Å². The number of hydrogen-bond acceptors (Lipinski definition) is 2. The molecule has 0 aliphatic carbocycles. The van der Waals surface area contributed by atoms with Crippen LogP contribution in [0.2, 0.25) is 0 Å². The van der Waals surface area contributed by atoms with Gasteiger partial charge in [0.15, 0.2) is 5.11 Å². The molecule has 1 aliphatic heterocycles. The molecule has 0 radical (unpaired) electrons. The van der Waals surface area contributed by atoms with E-state index in [0.717, 1.165) is 30.4 Å². The highest BCUT2D eigenvalue weighted by atomic mass is 79.9. The zero-order valence-electron chi connectivity index (χ0n) is 12.7. The maximum Gasteiger partial charge on any atom is 0.257 e. The predicted octanol–water partition coefficient (Wildman–Crippen LogP) is 3.86. The number of nitrogens with zero attached hydrogens (tertiary/aromatic N) is 1. The minimum Gasteiger partial charge on any atom is -0.349 e. The zero-order valence-corrected chi connectivity index (χ0v) is 15.1. The van der Waals surface area contributed by atoms with Crippen LogP contribution in [0.3, 0.4) is 0 Å². The standard InChI is InChI=1S/C16H21BrN2OS/c1-16(2,3)12-7-6-11(10-13(12)17)14(20)18-15(21)19-8-4-5-9-19/h6-7,10H,4-5,8-9H2,1-3H3,(H,18,20,21). The van der Waals surface area contributed by atoms with Crippen LogP contribution in [0, 0.1) is 0 Å². The highest BCUT2D eigenvalue weighted by Crippen LogP contribution is 2.30. The smallest absolute Gasteiger partial charge is 0.257 e. The number of rotatable bonds is 1. The van der Waals surface area contributed by atoms with Gasteiger partial charge < -0.3 is 4.90 Å². The molecular formula is C16H21BrN2OS. The fourth-order valence-electron chi connectivity index (χ4n) is 2.43. The van der Waals surface area contributed by atoms with Crippen LogP contribution in [0.5, 0.6) is 0 Å². The van der Waals surface area contributed by atoms with Crippen LogP contribution in [-0.4, -0.2) is 29.0 Å². The van der Waals surface area contributed by atoms with Gasteiger partial charge in [-0.05, 0) is 48.2 Å². The molecule has 5 heteroatoms. The third-order valence-electron chi connectivity index (χ3n) is 3.65. The molecule has 0 atom stereocenters. The Bertz CT molecular complexity index is 560. The summed E-state index contributed by atoms with van der Waals surface area (Å²) in [5.41, 5.74) is 1.84. The van der Waals surface area contributed by atoms with E-state index in [2.05, 4.69) is 42.0 Å². The second-order valence-electron chi connectivity index (χ2n) is 6.40. The molecule has 1 saturated heterocycles. The summed E-state index contributed by atoms with van der Waals surface area (Å²) in [6.07, 6.45) is 2.28. The topological polar surface area (TPSA) is 32.3 Å². The number of halogens is 1. The van der Waals surface area contributed by atoms with Gasteiger partial charge >= 0.3 is 0 Å². The number of hydrogen-bond donors (Lipinski definition) is 1. The first-order valence-corrected chi connectivity index (χ1v) is 8.39. The average Bonchev–Trinajstić information content (AvgIpc) is 2.90. The molecule has 0 bridgehead atoms. The van der Waals surface area contributed by atoms with Gasteiger partial charge in [-0.2, -0.15) is 0 Å². The maximum absolute atomic E-state index is 12.3. The van der Waals surface area contributed by atoms with Crippen molar-refractivity contribution in [3.05, 3.63) is 33.8 Å². The Morgan fingerprint density at radius 2 is 1.90 bits per heavy atom. The Hall–Kier alpha value is -0.940. The Balaban J connectivity index is 2.09. The summed E-state index contributed by atoms with van der Waals surface area (Å²) in [7, 11) is 0. The Morgan fingerprint density at radius 1 is 1.29 bits per heavy atom. The highest BCUT2D eigenvalue weighted by Gasteiger charge is 2.20. The monoisotopic (exact) mass is 368 g/mol. The summed E-state index contributed by atoms with van der Waals surface area (Å²) < 4.78 is 0.953.